The third kappa shape index (κ3) is 5.64. The lowest BCUT2D eigenvalue weighted by atomic mass is 9.80. The molecule has 0 aromatic heterocycles. The van der Waals surface area contributed by atoms with Gasteiger partial charge < -0.3 is 25.4 Å². The van der Waals surface area contributed by atoms with Crippen LogP contribution >= 0.6 is 0 Å². The SMILES string of the molecule is COc1ccc(NC(=O)/C(C#N)=C\NC2CC(C)(C)NC(C)(C)C2)cc1OC. The number of nitriles is 1. The van der Waals surface area contributed by atoms with Crippen molar-refractivity contribution in [1.82, 2.24) is 10.6 Å². The number of nitrogens with one attached hydrogen (secondary N) is 3. The minimum absolute atomic E-state index is 0.0175. The molecule has 1 heterocycles. The normalized spacial score (nSPS) is 18.7. The first kappa shape index (κ1) is 21.6. The fraction of sp³-hybridized carbons (Fsp3) is 0.524. The third-order valence-electron chi connectivity index (χ3n) is 4.66. The van der Waals surface area contributed by atoms with Crippen LogP contribution in [-0.4, -0.2) is 37.2 Å². The highest BCUT2D eigenvalue weighted by atomic mass is 16.5. The van der Waals surface area contributed by atoms with E-state index in [1.54, 1.807) is 25.3 Å². The summed E-state index contributed by atoms with van der Waals surface area (Å²) in [7, 11) is 3.07. The zero-order valence-electron chi connectivity index (χ0n) is 17.5. The summed E-state index contributed by atoms with van der Waals surface area (Å²) in [5, 5.41) is 19.0. The number of benzene rings is 1. The number of rotatable bonds is 6. The second kappa shape index (κ2) is 8.53. The molecule has 7 heteroatoms. The summed E-state index contributed by atoms with van der Waals surface area (Å²) in [6.45, 7) is 8.62. The second-order valence-corrected chi connectivity index (χ2v) is 8.36. The Morgan fingerprint density at radius 3 is 2.32 bits per heavy atom. The van der Waals surface area contributed by atoms with E-state index in [9.17, 15) is 10.1 Å². The summed E-state index contributed by atoms with van der Waals surface area (Å²) in [6, 6.07) is 7.18. The van der Waals surface area contributed by atoms with Gasteiger partial charge in [0, 0.05) is 35.1 Å². The predicted molar refractivity (Wildman–Crippen MR) is 109 cm³/mol. The zero-order valence-corrected chi connectivity index (χ0v) is 17.5. The van der Waals surface area contributed by atoms with E-state index in [4.69, 9.17) is 9.47 Å². The first-order valence-electron chi connectivity index (χ1n) is 9.28. The van der Waals surface area contributed by atoms with Crippen LogP contribution in [0.15, 0.2) is 30.0 Å². The first-order chi connectivity index (χ1) is 13.1. The van der Waals surface area contributed by atoms with Crippen LogP contribution in [0.5, 0.6) is 11.5 Å². The average molecular weight is 386 g/mol. The van der Waals surface area contributed by atoms with Gasteiger partial charge in [0.25, 0.3) is 5.91 Å². The Bertz CT molecular complexity index is 777. The Balaban J connectivity index is 2.08. The molecule has 0 unspecified atom stereocenters. The molecule has 0 aliphatic carbocycles. The molecule has 1 saturated heterocycles. The van der Waals surface area contributed by atoms with Gasteiger partial charge in [-0.25, -0.2) is 0 Å². The van der Waals surface area contributed by atoms with Crippen LogP contribution in [0.2, 0.25) is 0 Å². The van der Waals surface area contributed by atoms with E-state index in [-0.39, 0.29) is 22.7 Å². The van der Waals surface area contributed by atoms with Crippen LogP contribution in [0.3, 0.4) is 0 Å². The molecule has 2 rings (SSSR count). The molecule has 1 aromatic rings. The average Bonchev–Trinajstić information content (AvgIpc) is 2.59. The largest absolute Gasteiger partial charge is 0.493 e. The van der Waals surface area contributed by atoms with Gasteiger partial charge in [0.2, 0.25) is 0 Å². The number of piperidine rings is 1. The number of carbonyl (C=O) groups is 1. The van der Waals surface area contributed by atoms with Gasteiger partial charge in [-0.3, -0.25) is 4.79 Å². The Labute approximate surface area is 167 Å². The lowest BCUT2D eigenvalue weighted by Gasteiger charge is -2.46. The van der Waals surface area contributed by atoms with E-state index >= 15 is 0 Å². The molecule has 7 nitrogen and oxygen atoms in total. The predicted octanol–water partition coefficient (Wildman–Crippen LogP) is 2.95. The fourth-order valence-electron chi connectivity index (χ4n) is 3.90. The van der Waals surface area contributed by atoms with Crippen LogP contribution in [-0.2, 0) is 4.79 Å². The third-order valence-corrected chi connectivity index (χ3v) is 4.66. The number of hydrogen-bond acceptors (Lipinski definition) is 6. The molecule has 0 saturated carbocycles. The number of amides is 1. The molecular formula is C21H30N4O3. The minimum atomic E-state index is -0.477. The highest BCUT2D eigenvalue weighted by Gasteiger charge is 2.37. The van der Waals surface area contributed by atoms with Gasteiger partial charge in [-0.15, -0.1) is 0 Å². The Morgan fingerprint density at radius 1 is 1.18 bits per heavy atom. The lowest BCUT2D eigenvalue weighted by Crippen LogP contribution is -2.61. The zero-order chi connectivity index (χ0) is 20.9. The van der Waals surface area contributed by atoms with Crippen molar-refractivity contribution >= 4 is 11.6 Å². The highest BCUT2D eigenvalue weighted by Crippen LogP contribution is 2.30. The van der Waals surface area contributed by atoms with Gasteiger partial charge in [0.15, 0.2) is 11.5 Å². The van der Waals surface area contributed by atoms with E-state index in [0.717, 1.165) is 12.8 Å². The Morgan fingerprint density at radius 2 is 1.79 bits per heavy atom. The number of ether oxygens (including phenoxy) is 2. The number of anilines is 1. The summed E-state index contributed by atoms with van der Waals surface area (Å²) in [5.74, 6) is 0.587. The van der Waals surface area contributed by atoms with Crippen molar-refractivity contribution in [3.8, 4) is 17.6 Å². The molecule has 1 fully saturated rings. The summed E-state index contributed by atoms with van der Waals surface area (Å²) < 4.78 is 10.4. The van der Waals surface area contributed by atoms with Crippen molar-refractivity contribution in [2.75, 3.05) is 19.5 Å². The summed E-state index contributed by atoms with van der Waals surface area (Å²) in [4.78, 5) is 12.5. The van der Waals surface area contributed by atoms with Gasteiger partial charge in [-0.1, -0.05) is 0 Å². The molecule has 0 spiro atoms. The molecule has 28 heavy (non-hydrogen) atoms. The Hall–Kier alpha value is -2.72. The van der Waals surface area contributed by atoms with Gasteiger partial charge in [0.05, 0.1) is 14.2 Å². The van der Waals surface area contributed by atoms with Gasteiger partial charge in [-0.05, 0) is 52.7 Å². The lowest BCUT2D eigenvalue weighted by molar-refractivity contribution is -0.112. The van der Waals surface area contributed by atoms with Crippen molar-refractivity contribution in [3.05, 3.63) is 30.0 Å². The summed E-state index contributed by atoms with van der Waals surface area (Å²) in [6.07, 6.45) is 3.30. The van der Waals surface area contributed by atoms with Crippen LogP contribution < -0.4 is 25.4 Å². The van der Waals surface area contributed by atoms with Crippen molar-refractivity contribution in [2.24, 2.45) is 0 Å². The van der Waals surface area contributed by atoms with Gasteiger partial charge in [0.1, 0.15) is 11.6 Å². The topological polar surface area (TPSA) is 95.4 Å². The Kier molecular flexibility index (Phi) is 6.57. The molecule has 1 amide bonds. The van der Waals surface area contributed by atoms with Crippen molar-refractivity contribution in [2.45, 2.75) is 57.7 Å². The monoisotopic (exact) mass is 386 g/mol. The molecule has 0 radical (unpaired) electrons. The smallest absolute Gasteiger partial charge is 0.267 e. The summed E-state index contributed by atoms with van der Waals surface area (Å²) in [5.41, 5.74) is 0.487. The minimum Gasteiger partial charge on any atom is -0.493 e. The highest BCUT2D eigenvalue weighted by molar-refractivity contribution is 6.06. The first-order valence-corrected chi connectivity index (χ1v) is 9.28. The van der Waals surface area contributed by atoms with Gasteiger partial charge in [-0.2, -0.15) is 5.26 Å². The van der Waals surface area contributed by atoms with Gasteiger partial charge >= 0.3 is 0 Å². The maximum absolute atomic E-state index is 12.5. The molecule has 1 aliphatic heterocycles. The van der Waals surface area contributed by atoms with Crippen LogP contribution in [0.1, 0.15) is 40.5 Å². The van der Waals surface area contributed by atoms with Crippen molar-refractivity contribution in [3.63, 3.8) is 0 Å². The van der Waals surface area contributed by atoms with Crippen LogP contribution in [0, 0.1) is 11.3 Å². The maximum atomic E-state index is 12.5. The molecule has 0 atom stereocenters. The standard InChI is InChI=1S/C21H30N4O3/c1-20(2)10-16(11-21(3,4)25-20)23-13-14(12-22)19(26)24-15-7-8-17(27-5)18(9-15)28-6/h7-9,13,16,23,25H,10-11H2,1-6H3,(H,24,26)/b14-13-. The van der Waals surface area contributed by atoms with E-state index in [2.05, 4.69) is 43.6 Å². The van der Waals surface area contributed by atoms with E-state index in [1.165, 1.54) is 13.3 Å². The molecule has 3 N–H and O–H groups in total. The van der Waals surface area contributed by atoms with Crippen LogP contribution in [0.4, 0.5) is 5.69 Å². The molecule has 1 aliphatic rings. The maximum Gasteiger partial charge on any atom is 0.267 e. The van der Waals surface area contributed by atoms with E-state index in [0.29, 0.717) is 17.2 Å². The number of nitrogens with zero attached hydrogens (tertiary/aromatic N) is 1. The second-order valence-electron chi connectivity index (χ2n) is 8.36. The van der Waals surface area contributed by atoms with Crippen molar-refractivity contribution in [1.29, 1.82) is 5.26 Å². The molecule has 152 valence electrons. The fourth-order valence-corrected chi connectivity index (χ4v) is 3.90. The van der Waals surface area contributed by atoms with Crippen LogP contribution in [0.25, 0.3) is 0 Å². The number of carbonyl (C=O) groups excluding carboxylic acids is 1. The van der Waals surface area contributed by atoms with E-state index in [1.807, 2.05) is 6.07 Å². The number of methoxy groups -OCH3 is 2. The van der Waals surface area contributed by atoms with E-state index < -0.39 is 5.91 Å². The molecular weight excluding hydrogens is 356 g/mol. The molecule has 1 aromatic carbocycles. The molecule has 0 bridgehead atoms. The summed E-state index contributed by atoms with van der Waals surface area (Å²) >= 11 is 0. The number of hydrogen-bond donors (Lipinski definition) is 3. The quantitative estimate of drug-likeness (QED) is 0.514. The van der Waals surface area contributed by atoms with Crippen molar-refractivity contribution < 1.29 is 14.3 Å².